The van der Waals surface area contributed by atoms with Crippen molar-refractivity contribution >= 4 is 11.8 Å². The SMILES string of the molecule is Cc1cn(C2CC(O)C(SCCOC3C[C@H](n4cc(C)c(=O)[nH]c4=O)O[C@@H]3CO)O2)c(=O)[nH]c1=O. The highest BCUT2D eigenvalue weighted by molar-refractivity contribution is 7.99. The molecule has 0 aliphatic carbocycles. The lowest BCUT2D eigenvalue weighted by Crippen LogP contribution is -2.33. The Morgan fingerprint density at radius 2 is 1.57 bits per heavy atom. The van der Waals surface area contributed by atoms with Crippen molar-refractivity contribution in [3.8, 4) is 0 Å². The molecule has 4 N–H and O–H groups in total. The van der Waals surface area contributed by atoms with Gasteiger partial charge in [-0.3, -0.25) is 28.7 Å². The lowest BCUT2D eigenvalue weighted by molar-refractivity contribution is -0.0600. The van der Waals surface area contributed by atoms with Crippen LogP contribution in [0.25, 0.3) is 0 Å². The summed E-state index contributed by atoms with van der Waals surface area (Å²) >= 11 is 1.32. The molecular weight excluding hydrogens is 484 g/mol. The molecule has 0 bridgehead atoms. The van der Waals surface area contributed by atoms with Crippen LogP contribution in [0.5, 0.6) is 0 Å². The van der Waals surface area contributed by atoms with E-state index in [9.17, 15) is 29.4 Å². The third-order valence-electron chi connectivity index (χ3n) is 6.02. The lowest BCUT2D eigenvalue weighted by Gasteiger charge is -2.18. The van der Waals surface area contributed by atoms with Gasteiger partial charge < -0.3 is 24.4 Å². The first-order chi connectivity index (χ1) is 16.7. The lowest BCUT2D eigenvalue weighted by atomic mass is 10.2. The molecule has 2 saturated heterocycles. The average Bonchev–Trinajstić information content (AvgIpc) is 3.39. The molecule has 2 aromatic heterocycles. The second-order valence-electron chi connectivity index (χ2n) is 8.55. The van der Waals surface area contributed by atoms with Crippen molar-refractivity contribution in [1.29, 1.82) is 0 Å². The van der Waals surface area contributed by atoms with Crippen molar-refractivity contribution in [1.82, 2.24) is 19.1 Å². The van der Waals surface area contributed by atoms with E-state index < -0.39 is 58.7 Å². The Morgan fingerprint density at radius 1 is 1.00 bits per heavy atom. The first-order valence-electron chi connectivity index (χ1n) is 11.1. The highest BCUT2D eigenvalue weighted by Crippen LogP contribution is 2.34. The van der Waals surface area contributed by atoms with E-state index in [0.29, 0.717) is 23.3 Å². The van der Waals surface area contributed by atoms with Crippen LogP contribution in [0, 0.1) is 13.8 Å². The van der Waals surface area contributed by atoms with E-state index in [2.05, 4.69) is 9.97 Å². The van der Waals surface area contributed by atoms with Gasteiger partial charge in [0.2, 0.25) is 0 Å². The van der Waals surface area contributed by atoms with Crippen LogP contribution >= 0.6 is 11.8 Å². The van der Waals surface area contributed by atoms with Gasteiger partial charge in [0.15, 0.2) is 0 Å². The number of thioether (sulfide) groups is 1. The molecule has 192 valence electrons. The number of aryl methyl sites for hydroxylation is 2. The van der Waals surface area contributed by atoms with Crippen LogP contribution in [0.2, 0.25) is 0 Å². The van der Waals surface area contributed by atoms with Crippen LogP contribution in [-0.2, 0) is 14.2 Å². The van der Waals surface area contributed by atoms with Gasteiger partial charge in [-0.2, -0.15) is 0 Å². The van der Waals surface area contributed by atoms with Gasteiger partial charge in [-0.05, 0) is 13.8 Å². The first-order valence-corrected chi connectivity index (χ1v) is 12.2. The van der Waals surface area contributed by atoms with Crippen LogP contribution in [-0.4, -0.2) is 72.0 Å². The van der Waals surface area contributed by atoms with Gasteiger partial charge in [-0.15, -0.1) is 11.8 Å². The monoisotopic (exact) mass is 512 g/mol. The zero-order valence-corrected chi connectivity index (χ0v) is 20.0. The maximum absolute atomic E-state index is 12.1. The van der Waals surface area contributed by atoms with Crippen molar-refractivity contribution < 1.29 is 24.4 Å². The number of hydrogen-bond donors (Lipinski definition) is 4. The maximum Gasteiger partial charge on any atom is 0.330 e. The van der Waals surface area contributed by atoms with Crippen LogP contribution in [0.3, 0.4) is 0 Å². The molecule has 2 aliphatic rings. The molecule has 2 fully saturated rings. The van der Waals surface area contributed by atoms with E-state index in [1.165, 1.54) is 33.3 Å². The third kappa shape index (κ3) is 5.52. The first kappa shape index (κ1) is 25.6. The van der Waals surface area contributed by atoms with Gasteiger partial charge in [0, 0.05) is 42.1 Å². The largest absolute Gasteiger partial charge is 0.394 e. The second-order valence-corrected chi connectivity index (χ2v) is 9.75. The molecule has 0 amide bonds. The number of ether oxygens (including phenoxy) is 3. The zero-order chi connectivity index (χ0) is 25.3. The van der Waals surface area contributed by atoms with E-state index in [1.807, 2.05) is 0 Å². The summed E-state index contributed by atoms with van der Waals surface area (Å²) in [6.07, 6.45) is 0.0115. The fourth-order valence-electron chi connectivity index (χ4n) is 4.12. The van der Waals surface area contributed by atoms with Gasteiger partial charge in [-0.1, -0.05) is 0 Å². The number of aromatic amines is 2. The van der Waals surface area contributed by atoms with Crippen LogP contribution in [0.15, 0.2) is 31.6 Å². The summed E-state index contributed by atoms with van der Waals surface area (Å²) < 4.78 is 20.0. The van der Waals surface area contributed by atoms with Crippen molar-refractivity contribution in [3.63, 3.8) is 0 Å². The van der Waals surface area contributed by atoms with E-state index in [1.54, 1.807) is 13.8 Å². The van der Waals surface area contributed by atoms with Gasteiger partial charge in [0.05, 0.1) is 25.4 Å². The van der Waals surface area contributed by atoms with Crippen molar-refractivity contribution in [3.05, 3.63) is 65.2 Å². The number of rotatable bonds is 8. The Labute approximate surface area is 202 Å². The van der Waals surface area contributed by atoms with Gasteiger partial charge in [0.25, 0.3) is 11.1 Å². The maximum atomic E-state index is 12.1. The van der Waals surface area contributed by atoms with Crippen LogP contribution in [0.4, 0.5) is 0 Å². The Kier molecular flexibility index (Phi) is 7.78. The van der Waals surface area contributed by atoms with Crippen molar-refractivity contribution in [2.75, 3.05) is 19.0 Å². The number of aliphatic hydroxyl groups excluding tert-OH is 2. The third-order valence-corrected chi connectivity index (χ3v) is 7.17. The number of hydrogen-bond acceptors (Lipinski definition) is 10. The van der Waals surface area contributed by atoms with Gasteiger partial charge in [0.1, 0.15) is 24.0 Å². The molecule has 13 nitrogen and oxygen atoms in total. The van der Waals surface area contributed by atoms with Crippen molar-refractivity contribution in [2.24, 2.45) is 0 Å². The molecule has 14 heteroatoms. The Hall–Kier alpha value is -2.49. The molecule has 0 spiro atoms. The number of aromatic nitrogens is 4. The molecule has 0 aromatic carbocycles. The predicted molar refractivity (Wildman–Crippen MR) is 124 cm³/mol. The van der Waals surface area contributed by atoms with E-state index in [-0.39, 0.29) is 19.6 Å². The topological polar surface area (TPSA) is 178 Å². The molecule has 4 unspecified atom stereocenters. The summed E-state index contributed by atoms with van der Waals surface area (Å²) in [6, 6.07) is 0. The minimum atomic E-state index is -0.816. The Balaban J connectivity index is 1.30. The number of nitrogens with one attached hydrogen (secondary N) is 2. The molecule has 6 atom stereocenters. The highest BCUT2D eigenvalue weighted by atomic mass is 32.2. The summed E-state index contributed by atoms with van der Waals surface area (Å²) in [7, 11) is 0. The van der Waals surface area contributed by atoms with E-state index in [4.69, 9.17) is 14.2 Å². The van der Waals surface area contributed by atoms with E-state index in [0.717, 1.165) is 0 Å². The molecule has 2 aromatic rings. The molecule has 4 rings (SSSR count). The standard InChI is InChI=1S/C21H28N4O9S/c1-10-7-24(20(30)22-17(10)28)15-5-12(27)19(34-15)35-4-3-32-13-6-16(33-14(13)9-26)25-8-11(2)18(29)23-21(25)31/h7-8,12-16,19,26-27H,3-6,9H2,1-2H3,(H,22,28,30)(H,23,29,31)/t12?,13?,14-,15?,16-,19?/m1/s1. The zero-order valence-electron chi connectivity index (χ0n) is 19.2. The average molecular weight is 513 g/mol. The quantitative estimate of drug-likeness (QED) is 0.311. The predicted octanol–water partition coefficient (Wildman–Crippen LogP) is -1.29. The summed E-state index contributed by atoms with van der Waals surface area (Å²) in [5.41, 5.74) is -2.00. The molecule has 35 heavy (non-hydrogen) atoms. The van der Waals surface area contributed by atoms with E-state index >= 15 is 0 Å². The Morgan fingerprint density at radius 3 is 2.14 bits per heavy atom. The summed E-state index contributed by atoms with van der Waals surface area (Å²) in [5.74, 6) is 0.449. The fourth-order valence-corrected chi connectivity index (χ4v) is 5.09. The van der Waals surface area contributed by atoms with Crippen molar-refractivity contribution in [2.45, 2.75) is 62.9 Å². The van der Waals surface area contributed by atoms with Crippen LogP contribution < -0.4 is 22.5 Å². The molecule has 0 radical (unpaired) electrons. The van der Waals surface area contributed by atoms with Gasteiger partial charge in [-0.25, -0.2) is 9.59 Å². The summed E-state index contributed by atoms with van der Waals surface area (Å²) in [4.78, 5) is 51.9. The minimum Gasteiger partial charge on any atom is -0.394 e. The summed E-state index contributed by atoms with van der Waals surface area (Å²) in [5, 5.41) is 20.0. The normalized spacial score (nSPS) is 28.6. The molecule has 2 aliphatic heterocycles. The molecular formula is C21H28N4O9S. The van der Waals surface area contributed by atoms with Gasteiger partial charge >= 0.3 is 11.4 Å². The number of nitrogens with zero attached hydrogens (tertiary/aromatic N) is 2. The van der Waals surface area contributed by atoms with Crippen LogP contribution in [0.1, 0.15) is 36.4 Å². The Bertz CT molecular complexity index is 1290. The number of aliphatic hydroxyl groups is 2. The fraction of sp³-hybridized carbons (Fsp3) is 0.619. The minimum absolute atomic E-state index is 0.196. The molecule has 0 saturated carbocycles. The molecule has 4 heterocycles. The highest BCUT2D eigenvalue weighted by Gasteiger charge is 2.38. The summed E-state index contributed by atoms with van der Waals surface area (Å²) in [6.45, 7) is 3.12. The smallest absolute Gasteiger partial charge is 0.330 e. The number of H-pyrrole nitrogens is 2. The second kappa shape index (κ2) is 10.6.